The van der Waals surface area contributed by atoms with E-state index in [2.05, 4.69) is 38.7 Å². The van der Waals surface area contributed by atoms with Crippen molar-refractivity contribution in [2.75, 3.05) is 25.5 Å². The van der Waals surface area contributed by atoms with Crippen LogP contribution in [0.15, 0.2) is 54.9 Å². The molecule has 0 saturated heterocycles. The van der Waals surface area contributed by atoms with Gasteiger partial charge in [0.2, 0.25) is 0 Å². The van der Waals surface area contributed by atoms with Gasteiger partial charge in [-0.25, -0.2) is 0 Å². The number of carbonyl (C=O) groups is 1. The highest BCUT2D eigenvalue weighted by atomic mass is 16.2. The summed E-state index contributed by atoms with van der Waals surface area (Å²) in [6, 6.07) is 14.2. The summed E-state index contributed by atoms with van der Waals surface area (Å²) in [5.41, 5.74) is 5.96. The molecule has 2 aromatic heterocycles. The van der Waals surface area contributed by atoms with Crippen LogP contribution in [0.4, 0.5) is 5.69 Å². The van der Waals surface area contributed by atoms with Crippen LogP contribution in [0.2, 0.25) is 0 Å². The molecule has 0 N–H and O–H groups in total. The van der Waals surface area contributed by atoms with E-state index in [1.54, 1.807) is 6.20 Å². The average molecular weight is 377 g/mol. The molecule has 0 unspecified atom stereocenters. The molecule has 0 aliphatic carbocycles. The summed E-state index contributed by atoms with van der Waals surface area (Å²) in [5.74, 6) is 0.0578. The third-order valence-corrected chi connectivity index (χ3v) is 5.06. The number of carbonyl (C=O) groups excluding carboxylic acids is 1. The lowest BCUT2D eigenvalue weighted by Crippen LogP contribution is -2.30. The largest absolute Gasteiger partial charge is 0.378 e. The van der Waals surface area contributed by atoms with Crippen molar-refractivity contribution >= 4 is 11.6 Å². The summed E-state index contributed by atoms with van der Waals surface area (Å²) < 4.78 is 2.08. The number of rotatable bonds is 6. The zero-order valence-electron chi connectivity index (χ0n) is 17.3. The lowest BCUT2D eigenvalue weighted by atomic mass is 10.1. The highest BCUT2D eigenvalue weighted by Crippen LogP contribution is 2.22. The van der Waals surface area contributed by atoms with E-state index < -0.39 is 0 Å². The van der Waals surface area contributed by atoms with E-state index in [1.807, 2.05) is 64.2 Å². The molecule has 0 aliphatic rings. The fourth-order valence-corrected chi connectivity index (χ4v) is 3.48. The van der Waals surface area contributed by atoms with Gasteiger partial charge < -0.3 is 14.4 Å². The van der Waals surface area contributed by atoms with Crippen LogP contribution in [0.25, 0.3) is 5.69 Å². The summed E-state index contributed by atoms with van der Waals surface area (Å²) in [6.45, 7) is 7.29. The van der Waals surface area contributed by atoms with Gasteiger partial charge in [-0.2, -0.15) is 0 Å². The van der Waals surface area contributed by atoms with E-state index in [-0.39, 0.29) is 5.91 Å². The molecular formula is C23H28N4O. The number of aryl methyl sites for hydroxylation is 1. The first-order chi connectivity index (χ1) is 13.4. The first kappa shape index (κ1) is 19.7. The van der Waals surface area contributed by atoms with Gasteiger partial charge in [0.15, 0.2) is 0 Å². The van der Waals surface area contributed by atoms with Gasteiger partial charge in [0.1, 0.15) is 0 Å². The molecular weight excluding hydrogens is 348 g/mol. The van der Waals surface area contributed by atoms with E-state index in [1.165, 1.54) is 0 Å². The minimum Gasteiger partial charge on any atom is -0.378 e. The van der Waals surface area contributed by atoms with E-state index in [9.17, 15) is 4.79 Å². The predicted octanol–water partition coefficient (Wildman–Crippen LogP) is 4.22. The standard InChI is InChI=1S/C23H28N4O/c1-6-26(16-19-9-11-20(12-10-19)25(4)5)23(28)22-14-17(2)27(18(22)3)21-8-7-13-24-15-21/h7-15H,6,16H2,1-5H3. The lowest BCUT2D eigenvalue weighted by molar-refractivity contribution is 0.0752. The van der Waals surface area contributed by atoms with Crippen molar-refractivity contribution in [3.05, 3.63) is 77.4 Å². The van der Waals surface area contributed by atoms with Gasteiger partial charge in [0.05, 0.1) is 17.4 Å². The SMILES string of the molecule is CCN(Cc1ccc(N(C)C)cc1)C(=O)c1cc(C)n(-c2cccnc2)c1C. The molecule has 2 heterocycles. The minimum absolute atomic E-state index is 0.0578. The smallest absolute Gasteiger partial charge is 0.255 e. The molecule has 0 radical (unpaired) electrons. The minimum atomic E-state index is 0.0578. The van der Waals surface area contributed by atoms with Crippen molar-refractivity contribution in [2.45, 2.75) is 27.3 Å². The number of amides is 1. The summed E-state index contributed by atoms with van der Waals surface area (Å²) in [6.07, 6.45) is 3.57. The number of benzene rings is 1. The summed E-state index contributed by atoms with van der Waals surface area (Å²) in [7, 11) is 4.05. The maximum atomic E-state index is 13.3. The number of pyridine rings is 1. The molecule has 28 heavy (non-hydrogen) atoms. The normalized spacial score (nSPS) is 10.8. The van der Waals surface area contributed by atoms with Crippen LogP contribution in [-0.2, 0) is 6.54 Å². The topological polar surface area (TPSA) is 41.4 Å². The number of anilines is 1. The van der Waals surface area contributed by atoms with Crippen molar-refractivity contribution in [3.63, 3.8) is 0 Å². The third-order valence-electron chi connectivity index (χ3n) is 5.06. The Balaban J connectivity index is 1.85. The Morgan fingerprint density at radius 2 is 1.82 bits per heavy atom. The number of aromatic nitrogens is 2. The van der Waals surface area contributed by atoms with Gasteiger partial charge in [-0.15, -0.1) is 0 Å². The zero-order chi connectivity index (χ0) is 20.3. The van der Waals surface area contributed by atoms with Gasteiger partial charge in [-0.05, 0) is 56.7 Å². The molecule has 3 rings (SSSR count). The molecule has 3 aromatic rings. The molecule has 1 aromatic carbocycles. The van der Waals surface area contributed by atoms with E-state index >= 15 is 0 Å². The second kappa shape index (κ2) is 8.30. The highest BCUT2D eigenvalue weighted by molar-refractivity contribution is 5.96. The summed E-state index contributed by atoms with van der Waals surface area (Å²) >= 11 is 0. The van der Waals surface area contributed by atoms with Crippen molar-refractivity contribution in [2.24, 2.45) is 0 Å². The van der Waals surface area contributed by atoms with Gasteiger partial charge >= 0.3 is 0 Å². The van der Waals surface area contributed by atoms with E-state index in [0.29, 0.717) is 13.1 Å². The molecule has 0 fully saturated rings. The van der Waals surface area contributed by atoms with Gasteiger partial charge in [0, 0.05) is 50.5 Å². The molecule has 1 amide bonds. The Bertz CT molecular complexity index is 943. The van der Waals surface area contributed by atoms with Crippen LogP contribution >= 0.6 is 0 Å². The van der Waals surface area contributed by atoms with Gasteiger partial charge in [0.25, 0.3) is 5.91 Å². The molecule has 0 atom stereocenters. The molecule has 5 nitrogen and oxygen atoms in total. The Labute approximate surface area is 167 Å². The van der Waals surface area contributed by atoms with Crippen LogP contribution in [0.3, 0.4) is 0 Å². The molecule has 0 saturated carbocycles. The lowest BCUT2D eigenvalue weighted by Gasteiger charge is -2.22. The fourth-order valence-electron chi connectivity index (χ4n) is 3.48. The first-order valence-corrected chi connectivity index (χ1v) is 9.57. The van der Waals surface area contributed by atoms with Crippen LogP contribution in [0.5, 0.6) is 0 Å². The molecule has 146 valence electrons. The van der Waals surface area contributed by atoms with Crippen molar-refractivity contribution < 1.29 is 4.79 Å². The second-order valence-corrected chi connectivity index (χ2v) is 7.21. The summed E-state index contributed by atoms with van der Waals surface area (Å²) in [4.78, 5) is 21.4. The maximum Gasteiger partial charge on any atom is 0.255 e. The molecule has 0 spiro atoms. The van der Waals surface area contributed by atoms with Crippen molar-refractivity contribution in [1.82, 2.24) is 14.5 Å². The fraction of sp³-hybridized carbons (Fsp3) is 0.304. The van der Waals surface area contributed by atoms with Crippen LogP contribution < -0.4 is 4.90 Å². The first-order valence-electron chi connectivity index (χ1n) is 9.57. The molecule has 0 bridgehead atoms. The van der Waals surface area contributed by atoms with Crippen molar-refractivity contribution in [3.8, 4) is 5.69 Å². The Kier molecular flexibility index (Phi) is 5.83. The third kappa shape index (κ3) is 3.93. The highest BCUT2D eigenvalue weighted by Gasteiger charge is 2.21. The van der Waals surface area contributed by atoms with Crippen molar-refractivity contribution in [1.29, 1.82) is 0 Å². The summed E-state index contributed by atoms with van der Waals surface area (Å²) in [5, 5.41) is 0. The molecule has 0 aliphatic heterocycles. The monoisotopic (exact) mass is 376 g/mol. The quantitative estimate of drug-likeness (QED) is 0.647. The number of hydrogen-bond acceptors (Lipinski definition) is 3. The van der Waals surface area contributed by atoms with Crippen LogP contribution in [0, 0.1) is 13.8 Å². The van der Waals surface area contributed by atoms with Gasteiger partial charge in [-0.3, -0.25) is 9.78 Å². The van der Waals surface area contributed by atoms with Gasteiger partial charge in [-0.1, -0.05) is 12.1 Å². The van der Waals surface area contributed by atoms with Crippen LogP contribution in [-0.4, -0.2) is 41.0 Å². The Hall–Kier alpha value is -3.08. The van der Waals surface area contributed by atoms with E-state index in [0.717, 1.165) is 33.9 Å². The number of nitrogens with zero attached hydrogens (tertiary/aromatic N) is 4. The molecule has 5 heteroatoms. The van der Waals surface area contributed by atoms with Crippen LogP contribution in [0.1, 0.15) is 34.2 Å². The predicted molar refractivity (Wildman–Crippen MR) is 114 cm³/mol. The number of hydrogen-bond donors (Lipinski definition) is 0. The second-order valence-electron chi connectivity index (χ2n) is 7.21. The Morgan fingerprint density at radius 1 is 1.11 bits per heavy atom. The zero-order valence-corrected chi connectivity index (χ0v) is 17.3. The van der Waals surface area contributed by atoms with E-state index in [4.69, 9.17) is 0 Å². The average Bonchev–Trinajstić information content (AvgIpc) is 3.00. The Morgan fingerprint density at radius 3 is 2.39 bits per heavy atom. The maximum absolute atomic E-state index is 13.3.